The summed E-state index contributed by atoms with van der Waals surface area (Å²) in [6.07, 6.45) is 1.78. The van der Waals surface area contributed by atoms with Gasteiger partial charge in [-0.2, -0.15) is 5.10 Å². The Morgan fingerprint density at radius 1 is 1.14 bits per heavy atom. The van der Waals surface area contributed by atoms with Gasteiger partial charge < -0.3 is 20.1 Å². The number of rotatable bonds is 6. The van der Waals surface area contributed by atoms with Crippen LogP contribution in [0.25, 0.3) is 0 Å². The van der Waals surface area contributed by atoms with Crippen LogP contribution in [0.5, 0.6) is 11.5 Å². The van der Waals surface area contributed by atoms with Gasteiger partial charge >= 0.3 is 0 Å². The van der Waals surface area contributed by atoms with Gasteiger partial charge in [-0.1, -0.05) is 17.7 Å². The highest BCUT2D eigenvalue weighted by Gasteiger charge is 2.09. The molecule has 0 spiro atoms. The molecule has 1 heterocycles. The number of aromatic nitrogens is 2. The van der Waals surface area contributed by atoms with E-state index in [1.807, 2.05) is 0 Å². The Bertz CT molecular complexity index is 996. The molecule has 146 valence electrons. The smallest absolute Gasteiger partial charge is 0.176 e. The summed E-state index contributed by atoms with van der Waals surface area (Å²) in [7, 11) is 3.15. The molecule has 3 rings (SSSR count). The lowest BCUT2D eigenvalue weighted by Gasteiger charge is -2.13. The lowest BCUT2D eigenvalue weighted by Crippen LogP contribution is -2.20. The molecule has 0 saturated heterocycles. The summed E-state index contributed by atoms with van der Waals surface area (Å²) in [4.78, 5) is 0. The van der Waals surface area contributed by atoms with Gasteiger partial charge in [0.2, 0.25) is 0 Å². The molecule has 0 fully saturated rings. The molecular weight excluding hydrogens is 403 g/mol. The first-order valence-electron chi connectivity index (χ1n) is 8.26. The van der Waals surface area contributed by atoms with Crippen molar-refractivity contribution in [1.82, 2.24) is 9.78 Å². The van der Waals surface area contributed by atoms with E-state index in [1.54, 1.807) is 55.4 Å². The van der Waals surface area contributed by atoms with Crippen molar-refractivity contribution < 1.29 is 13.9 Å². The quantitative estimate of drug-likeness (QED) is 0.570. The van der Waals surface area contributed by atoms with Gasteiger partial charge in [0.1, 0.15) is 17.3 Å². The molecule has 0 aliphatic rings. The van der Waals surface area contributed by atoms with Crippen molar-refractivity contribution in [1.29, 1.82) is 0 Å². The minimum absolute atomic E-state index is 0.355. The van der Waals surface area contributed by atoms with E-state index in [9.17, 15) is 4.39 Å². The highest BCUT2D eigenvalue weighted by molar-refractivity contribution is 7.80. The first-order chi connectivity index (χ1) is 13.5. The average Bonchev–Trinajstić information content (AvgIpc) is 3.11. The molecule has 0 aliphatic carbocycles. The molecular formula is C19H18ClFN4O2S. The van der Waals surface area contributed by atoms with Gasteiger partial charge in [0, 0.05) is 23.4 Å². The fraction of sp³-hybridized carbons (Fsp3) is 0.158. The Kier molecular flexibility index (Phi) is 6.33. The maximum atomic E-state index is 13.2. The van der Waals surface area contributed by atoms with Gasteiger partial charge in [-0.05, 0) is 42.0 Å². The average molecular weight is 421 g/mol. The summed E-state index contributed by atoms with van der Waals surface area (Å²) in [6, 6.07) is 11.4. The predicted octanol–water partition coefficient (Wildman–Crippen LogP) is 4.55. The zero-order valence-electron chi connectivity index (χ0n) is 15.2. The molecule has 3 aromatic rings. The lowest BCUT2D eigenvalue weighted by atomic mass is 10.2. The van der Waals surface area contributed by atoms with E-state index in [-0.39, 0.29) is 5.82 Å². The summed E-state index contributed by atoms with van der Waals surface area (Å²) in [5, 5.41) is 11.2. The van der Waals surface area contributed by atoms with Crippen molar-refractivity contribution >= 4 is 40.4 Å². The number of hydrogen-bond donors (Lipinski definition) is 2. The maximum Gasteiger partial charge on any atom is 0.176 e. The lowest BCUT2D eigenvalue weighted by molar-refractivity contribution is 0.395. The van der Waals surface area contributed by atoms with Crippen LogP contribution in [0.3, 0.4) is 0 Å². The maximum absolute atomic E-state index is 13.2. The summed E-state index contributed by atoms with van der Waals surface area (Å²) < 4.78 is 25.4. The van der Waals surface area contributed by atoms with Crippen molar-refractivity contribution in [3.63, 3.8) is 0 Å². The topological polar surface area (TPSA) is 60.3 Å². The number of methoxy groups -OCH3 is 2. The third-order valence-electron chi connectivity index (χ3n) is 3.89. The fourth-order valence-electron chi connectivity index (χ4n) is 2.51. The molecule has 0 aliphatic heterocycles. The predicted molar refractivity (Wildman–Crippen MR) is 112 cm³/mol. The number of benzene rings is 2. The Morgan fingerprint density at radius 3 is 2.68 bits per heavy atom. The Labute approximate surface area is 172 Å². The zero-order valence-corrected chi connectivity index (χ0v) is 16.8. The second-order valence-corrected chi connectivity index (χ2v) is 6.60. The molecule has 0 amide bonds. The molecule has 0 radical (unpaired) electrons. The van der Waals surface area contributed by atoms with Crippen molar-refractivity contribution in [3.8, 4) is 11.5 Å². The molecule has 0 unspecified atom stereocenters. The van der Waals surface area contributed by atoms with E-state index in [0.29, 0.717) is 39.7 Å². The van der Waals surface area contributed by atoms with Crippen LogP contribution in [-0.4, -0.2) is 29.1 Å². The molecule has 28 heavy (non-hydrogen) atoms. The van der Waals surface area contributed by atoms with Crippen LogP contribution in [0.4, 0.5) is 15.9 Å². The minimum atomic E-state index is -0.373. The number of nitrogens with one attached hydrogen (secondary N) is 2. The van der Waals surface area contributed by atoms with E-state index in [1.165, 1.54) is 12.1 Å². The van der Waals surface area contributed by atoms with Crippen LogP contribution >= 0.6 is 23.8 Å². The summed E-state index contributed by atoms with van der Waals surface area (Å²) in [5.41, 5.74) is 1.46. The van der Waals surface area contributed by atoms with E-state index in [4.69, 9.17) is 33.3 Å². The van der Waals surface area contributed by atoms with Gasteiger partial charge in [0.05, 0.1) is 26.5 Å². The van der Waals surface area contributed by atoms with Crippen LogP contribution in [0.1, 0.15) is 5.56 Å². The third-order valence-corrected chi connectivity index (χ3v) is 4.44. The summed E-state index contributed by atoms with van der Waals surface area (Å²) >= 11 is 11.4. The first kappa shape index (κ1) is 19.9. The molecule has 2 N–H and O–H groups in total. The summed E-state index contributed by atoms with van der Waals surface area (Å²) in [6.45, 7) is 0.410. The van der Waals surface area contributed by atoms with Crippen LogP contribution in [0.15, 0.2) is 48.7 Å². The molecule has 0 atom stereocenters. The minimum Gasteiger partial charge on any atom is -0.497 e. The monoisotopic (exact) mass is 420 g/mol. The van der Waals surface area contributed by atoms with Crippen LogP contribution < -0.4 is 20.1 Å². The van der Waals surface area contributed by atoms with Gasteiger partial charge in [0.15, 0.2) is 10.9 Å². The van der Waals surface area contributed by atoms with Gasteiger partial charge in [-0.3, -0.25) is 4.68 Å². The van der Waals surface area contributed by atoms with Crippen molar-refractivity contribution in [2.45, 2.75) is 6.54 Å². The highest BCUT2D eigenvalue weighted by Crippen LogP contribution is 2.29. The van der Waals surface area contributed by atoms with Crippen LogP contribution in [0.2, 0.25) is 5.02 Å². The van der Waals surface area contributed by atoms with Gasteiger partial charge in [0.25, 0.3) is 0 Å². The molecule has 2 aromatic carbocycles. The van der Waals surface area contributed by atoms with E-state index >= 15 is 0 Å². The molecule has 9 heteroatoms. The fourth-order valence-corrected chi connectivity index (χ4v) is 2.95. The molecule has 0 saturated carbocycles. The Hall–Kier alpha value is -2.84. The number of halogens is 2. The molecule has 1 aromatic heterocycles. The van der Waals surface area contributed by atoms with Gasteiger partial charge in [-0.25, -0.2) is 4.39 Å². The van der Waals surface area contributed by atoms with Crippen LogP contribution in [0, 0.1) is 5.82 Å². The molecule has 6 nitrogen and oxygen atoms in total. The third kappa shape index (κ3) is 4.90. The van der Waals surface area contributed by atoms with Crippen molar-refractivity contribution in [3.05, 3.63) is 65.1 Å². The summed E-state index contributed by atoms with van der Waals surface area (Å²) in [5.74, 6) is 1.46. The van der Waals surface area contributed by atoms with E-state index < -0.39 is 0 Å². The number of ether oxygens (including phenoxy) is 2. The Balaban J connectivity index is 1.64. The van der Waals surface area contributed by atoms with E-state index in [2.05, 4.69) is 15.7 Å². The Morgan fingerprint density at radius 2 is 1.96 bits per heavy atom. The number of anilines is 2. The zero-order chi connectivity index (χ0) is 20.1. The number of hydrogen-bond acceptors (Lipinski definition) is 4. The highest BCUT2D eigenvalue weighted by atomic mass is 35.5. The van der Waals surface area contributed by atoms with Crippen molar-refractivity contribution in [2.75, 3.05) is 24.9 Å². The van der Waals surface area contributed by atoms with Gasteiger partial charge in [-0.15, -0.1) is 0 Å². The standard InChI is InChI=1S/C19H18ClFN4O2S/c1-26-14-5-6-16(17(10-14)27-2)22-19(28)23-18-7-8-25(24-18)11-12-3-4-13(21)9-15(12)20/h3-10H,11H2,1-2H3,(H2,22,23,24,28). The first-order valence-corrected chi connectivity index (χ1v) is 9.04. The van der Waals surface area contributed by atoms with Crippen molar-refractivity contribution in [2.24, 2.45) is 0 Å². The van der Waals surface area contributed by atoms with Crippen LogP contribution in [-0.2, 0) is 6.54 Å². The largest absolute Gasteiger partial charge is 0.497 e. The second-order valence-electron chi connectivity index (χ2n) is 5.78. The normalized spacial score (nSPS) is 10.4. The SMILES string of the molecule is COc1ccc(NC(=S)Nc2ccn(Cc3ccc(F)cc3Cl)n2)c(OC)c1. The molecule has 0 bridgehead atoms. The number of nitrogens with zero attached hydrogens (tertiary/aromatic N) is 2. The van der Waals surface area contributed by atoms with E-state index in [0.717, 1.165) is 5.56 Å². The second kappa shape index (κ2) is 8.90. The number of thiocarbonyl (C=S) groups is 1.